The Bertz CT molecular complexity index is 552. The van der Waals surface area contributed by atoms with Gasteiger partial charge in [-0.15, -0.1) is 0 Å². The molecule has 1 amide bonds. The highest BCUT2D eigenvalue weighted by atomic mass is 16.5. The van der Waals surface area contributed by atoms with Crippen LogP contribution in [0.4, 0.5) is 5.69 Å². The first-order chi connectivity index (χ1) is 9.22. The summed E-state index contributed by atoms with van der Waals surface area (Å²) >= 11 is 0. The SMILES string of the molecule is CCOc1cccc(N)c1C(=O)NCc1ccno1. The molecule has 0 fully saturated rings. The largest absolute Gasteiger partial charge is 0.493 e. The van der Waals surface area contributed by atoms with Gasteiger partial charge in [-0.05, 0) is 19.1 Å². The molecule has 0 saturated heterocycles. The van der Waals surface area contributed by atoms with E-state index in [1.165, 1.54) is 6.20 Å². The Labute approximate surface area is 110 Å². The molecule has 1 heterocycles. The number of rotatable bonds is 5. The van der Waals surface area contributed by atoms with Gasteiger partial charge in [0, 0.05) is 11.8 Å². The molecule has 19 heavy (non-hydrogen) atoms. The topological polar surface area (TPSA) is 90.4 Å². The maximum atomic E-state index is 12.1. The number of nitrogens with two attached hydrogens (primary N) is 1. The Morgan fingerprint density at radius 1 is 1.47 bits per heavy atom. The van der Waals surface area contributed by atoms with Gasteiger partial charge in [-0.2, -0.15) is 0 Å². The van der Waals surface area contributed by atoms with Gasteiger partial charge in [0.05, 0.1) is 19.3 Å². The number of benzene rings is 1. The molecule has 0 aliphatic heterocycles. The van der Waals surface area contributed by atoms with E-state index in [2.05, 4.69) is 10.5 Å². The maximum absolute atomic E-state index is 12.1. The van der Waals surface area contributed by atoms with E-state index in [4.69, 9.17) is 15.0 Å². The molecule has 0 saturated carbocycles. The van der Waals surface area contributed by atoms with Crippen LogP contribution in [0.25, 0.3) is 0 Å². The Kier molecular flexibility index (Phi) is 4.02. The molecule has 0 atom stereocenters. The van der Waals surface area contributed by atoms with Crippen molar-refractivity contribution in [3.05, 3.63) is 41.8 Å². The lowest BCUT2D eigenvalue weighted by atomic mass is 10.1. The lowest BCUT2D eigenvalue weighted by Gasteiger charge is -2.12. The minimum atomic E-state index is -0.307. The first kappa shape index (κ1) is 12.9. The van der Waals surface area contributed by atoms with Crippen LogP contribution in [0, 0.1) is 0 Å². The number of hydrogen-bond acceptors (Lipinski definition) is 5. The number of hydrogen-bond donors (Lipinski definition) is 2. The van der Waals surface area contributed by atoms with E-state index in [9.17, 15) is 4.79 Å². The third kappa shape index (κ3) is 3.04. The van der Waals surface area contributed by atoms with E-state index >= 15 is 0 Å². The van der Waals surface area contributed by atoms with Crippen LogP contribution in [-0.4, -0.2) is 17.7 Å². The number of amides is 1. The van der Waals surface area contributed by atoms with Gasteiger partial charge in [0.15, 0.2) is 5.76 Å². The van der Waals surface area contributed by atoms with Crippen molar-refractivity contribution in [2.45, 2.75) is 13.5 Å². The van der Waals surface area contributed by atoms with Crippen LogP contribution >= 0.6 is 0 Å². The van der Waals surface area contributed by atoms with Crippen LogP contribution in [0.1, 0.15) is 23.0 Å². The molecule has 1 aromatic carbocycles. The summed E-state index contributed by atoms with van der Waals surface area (Å²) in [6.07, 6.45) is 1.52. The van der Waals surface area contributed by atoms with Gasteiger partial charge >= 0.3 is 0 Å². The zero-order valence-corrected chi connectivity index (χ0v) is 10.6. The van der Waals surface area contributed by atoms with Gasteiger partial charge in [0.1, 0.15) is 11.3 Å². The quantitative estimate of drug-likeness (QED) is 0.797. The molecular formula is C13H15N3O3. The van der Waals surface area contributed by atoms with Crippen molar-refractivity contribution < 1.29 is 14.1 Å². The molecule has 3 N–H and O–H groups in total. The Hall–Kier alpha value is -2.50. The number of aromatic nitrogens is 1. The number of nitrogens with zero attached hydrogens (tertiary/aromatic N) is 1. The third-order valence-electron chi connectivity index (χ3n) is 2.50. The minimum absolute atomic E-state index is 0.249. The average molecular weight is 261 g/mol. The molecule has 0 unspecified atom stereocenters. The lowest BCUT2D eigenvalue weighted by Crippen LogP contribution is -2.24. The molecule has 2 rings (SSSR count). The van der Waals surface area contributed by atoms with Gasteiger partial charge in [-0.3, -0.25) is 4.79 Å². The van der Waals surface area contributed by atoms with E-state index in [1.807, 2.05) is 6.92 Å². The third-order valence-corrected chi connectivity index (χ3v) is 2.50. The summed E-state index contributed by atoms with van der Waals surface area (Å²) in [7, 11) is 0. The van der Waals surface area contributed by atoms with Crippen LogP contribution in [0.3, 0.4) is 0 Å². The first-order valence-electron chi connectivity index (χ1n) is 5.91. The summed E-state index contributed by atoms with van der Waals surface area (Å²) in [6.45, 7) is 2.56. The second-order valence-corrected chi connectivity index (χ2v) is 3.81. The monoisotopic (exact) mass is 261 g/mol. The normalized spacial score (nSPS) is 10.2. The molecule has 2 aromatic rings. The average Bonchev–Trinajstić information content (AvgIpc) is 2.90. The van der Waals surface area contributed by atoms with Gasteiger partial charge in [-0.25, -0.2) is 0 Å². The summed E-state index contributed by atoms with van der Waals surface area (Å²) in [6, 6.07) is 6.79. The second-order valence-electron chi connectivity index (χ2n) is 3.81. The zero-order chi connectivity index (χ0) is 13.7. The number of nitrogens with one attached hydrogen (secondary N) is 1. The van der Waals surface area contributed by atoms with E-state index in [0.29, 0.717) is 29.4 Å². The van der Waals surface area contributed by atoms with Crippen molar-refractivity contribution in [3.8, 4) is 5.75 Å². The highest BCUT2D eigenvalue weighted by molar-refractivity contribution is 6.01. The van der Waals surface area contributed by atoms with E-state index in [1.54, 1.807) is 24.3 Å². The number of ether oxygens (including phenoxy) is 1. The Morgan fingerprint density at radius 3 is 3.00 bits per heavy atom. The highest BCUT2D eigenvalue weighted by Gasteiger charge is 2.16. The van der Waals surface area contributed by atoms with Gasteiger partial charge in [0.25, 0.3) is 5.91 Å². The van der Waals surface area contributed by atoms with Crippen LogP contribution in [-0.2, 0) is 6.54 Å². The summed E-state index contributed by atoms with van der Waals surface area (Å²) in [4.78, 5) is 12.1. The van der Waals surface area contributed by atoms with E-state index in [0.717, 1.165) is 0 Å². The summed E-state index contributed by atoms with van der Waals surface area (Å²) in [5.41, 5.74) is 6.54. The predicted octanol–water partition coefficient (Wildman–Crippen LogP) is 1.59. The Morgan fingerprint density at radius 2 is 2.32 bits per heavy atom. The van der Waals surface area contributed by atoms with Crippen molar-refractivity contribution in [2.24, 2.45) is 0 Å². The van der Waals surface area contributed by atoms with E-state index in [-0.39, 0.29) is 12.5 Å². The zero-order valence-electron chi connectivity index (χ0n) is 10.6. The van der Waals surface area contributed by atoms with Crippen molar-refractivity contribution in [1.82, 2.24) is 10.5 Å². The molecule has 0 aliphatic rings. The second kappa shape index (κ2) is 5.90. The molecule has 1 aromatic heterocycles. The minimum Gasteiger partial charge on any atom is -0.493 e. The standard InChI is InChI=1S/C13H15N3O3/c1-2-18-11-5-3-4-10(14)12(11)13(17)15-8-9-6-7-16-19-9/h3-7H,2,8,14H2,1H3,(H,15,17). The first-order valence-corrected chi connectivity index (χ1v) is 5.91. The number of anilines is 1. The van der Waals surface area contributed by atoms with Crippen LogP contribution in [0.2, 0.25) is 0 Å². The van der Waals surface area contributed by atoms with Crippen LogP contribution < -0.4 is 15.8 Å². The predicted molar refractivity (Wildman–Crippen MR) is 69.7 cm³/mol. The van der Waals surface area contributed by atoms with Crippen molar-refractivity contribution in [1.29, 1.82) is 0 Å². The summed E-state index contributed by atoms with van der Waals surface area (Å²) in [5.74, 6) is 0.733. The fourth-order valence-corrected chi connectivity index (χ4v) is 1.66. The number of nitrogen functional groups attached to an aromatic ring is 1. The molecule has 0 aliphatic carbocycles. The fraction of sp³-hybridized carbons (Fsp3) is 0.231. The molecular weight excluding hydrogens is 246 g/mol. The fourth-order valence-electron chi connectivity index (χ4n) is 1.66. The van der Waals surface area contributed by atoms with Crippen LogP contribution in [0.5, 0.6) is 5.75 Å². The molecule has 6 nitrogen and oxygen atoms in total. The molecule has 0 bridgehead atoms. The number of carbonyl (C=O) groups excluding carboxylic acids is 1. The van der Waals surface area contributed by atoms with E-state index < -0.39 is 0 Å². The van der Waals surface area contributed by atoms with Gasteiger partial charge in [0.2, 0.25) is 0 Å². The Balaban J connectivity index is 2.13. The summed E-state index contributed by atoms with van der Waals surface area (Å²) < 4.78 is 10.3. The molecule has 6 heteroatoms. The smallest absolute Gasteiger partial charge is 0.257 e. The summed E-state index contributed by atoms with van der Waals surface area (Å²) in [5, 5.41) is 6.27. The maximum Gasteiger partial charge on any atom is 0.257 e. The van der Waals surface area contributed by atoms with Gasteiger partial charge in [-0.1, -0.05) is 11.2 Å². The molecule has 0 spiro atoms. The lowest BCUT2D eigenvalue weighted by molar-refractivity contribution is 0.0944. The molecule has 100 valence electrons. The van der Waals surface area contributed by atoms with Crippen molar-refractivity contribution in [2.75, 3.05) is 12.3 Å². The van der Waals surface area contributed by atoms with Crippen molar-refractivity contribution in [3.63, 3.8) is 0 Å². The van der Waals surface area contributed by atoms with Crippen LogP contribution in [0.15, 0.2) is 35.0 Å². The highest BCUT2D eigenvalue weighted by Crippen LogP contribution is 2.24. The molecule has 0 radical (unpaired) electrons. The van der Waals surface area contributed by atoms with Crippen molar-refractivity contribution >= 4 is 11.6 Å². The number of carbonyl (C=O) groups is 1. The van der Waals surface area contributed by atoms with Gasteiger partial charge < -0.3 is 20.3 Å².